The normalized spacial score (nSPS) is 15.5. The molecule has 2 heterocycles. The molecule has 1 aromatic heterocycles. The fraction of sp³-hybridized carbons (Fsp3) is 0.167. The highest BCUT2D eigenvalue weighted by molar-refractivity contribution is 8.27. The Balaban J connectivity index is 1.69. The van der Waals surface area contributed by atoms with Crippen molar-refractivity contribution in [2.24, 2.45) is 0 Å². The number of hydrogen-bond donors (Lipinski definition) is 0. The third-order valence-electron chi connectivity index (χ3n) is 5.38. The van der Waals surface area contributed by atoms with Crippen molar-refractivity contribution in [1.29, 1.82) is 0 Å². The summed E-state index contributed by atoms with van der Waals surface area (Å²) in [5.41, 5.74) is 2.34. The number of benzene rings is 2. The molecule has 4 nitrogen and oxygen atoms in total. The molecule has 1 saturated heterocycles. The number of carbonyl (C=O) groups is 1. The molecule has 0 atom stereocenters. The number of aryl methyl sites for hydroxylation is 1. The van der Waals surface area contributed by atoms with E-state index in [9.17, 15) is 18.0 Å². The summed E-state index contributed by atoms with van der Waals surface area (Å²) in [6.45, 7) is 3.60. The average molecular weight is 523 g/mol. The number of methoxy groups -OCH3 is 1. The van der Waals surface area contributed by atoms with Gasteiger partial charge in [0.25, 0.3) is 5.91 Å². The smallest absolute Gasteiger partial charge is 0.416 e. The summed E-state index contributed by atoms with van der Waals surface area (Å²) in [4.78, 5) is 15.0. The molecule has 0 spiro atoms. The van der Waals surface area contributed by atoms with E-state index in [1.165, 1.54) is 18.1 Å². The fourth-order valence-corrected chi connectivity index (χ4v) is 5.32. The second-order valence-corrected chi connectivity index (χ2v) is 9.63. The fourth-order valence-electron chi connectivity index (χ4n) is 3.78. The molecule has 1 fully saturated rings. The van der Waals surface area contributed by atoms with Crippen LogP contribution in [-0.4, -0.2) is 21.9 Å². The number of hydrogen-bond acceptors (Lipinski definition) is 4. The third-order valence-corrected chi connectivity index (χ3v) is 6.97. The van der Waals surface area contributed by atoms with Gasteiger partial charge in [0.05, 0.1) is 28.3 Å². The van der Waals surface area contributed by atoms with Gasteiger partial charge >= 0.3 is 6.18 Å². The van der Waals surface area contributed by atoms with E-state index >= 15 is 0 Å². The molecule has 1 aliphatic rings. The minimum Gasteiger partial charge on any atom is -0.495 e. The van der Waals surface area contributed by atoms with Gasteiger partial charge in [-0.1, -0.05) is 41.6 Å². The molecule has 34 heavy (non-hydrogen) atoms. The van der Waals surface area contributed by atoms with E-state index in [0.29, 0.717) is 42.6 Å². The number of aromatic nitrogens is 1. The molecule has 0 unspecified atom stereocenters. The van der Waals surface area contributed by atoms with Gasteiger partial charge in [-0.15, -0.1) is 0 Å². The molecule has 0 saturated carbocycles. The number of nitrogens with zero attached hydrogens (tertiary/aromatic N) is 2. The number of anilines is 1. The molecule has 10 heteroatoms. The van der Waals surface area contributed by atoms with Crippen LogP contribution in [-0.2, 0) is 11.0 Å². The van der Waals surface area contributed by atoms with E-state index in [1.807, 2.05) is 6.07 Å². The summed E-state index contributed by atoms with van der Waals surface area (Å²) < 4.78 is 46.8. The SMILES string of the molecule is COc1ccc(N2C(=O)/C(=C/c3cc(C)n(-c4cccc(C(F)(F)F)c4)c3C)SC2=S)cc1Cl. The summed E-state index contributed by atoms with van der Waals surface area (Å²) in [5, 5.41) is 0.350. The molecule has 0 bridgehead atoms. The van der Waals surface area contributed by atoms with Crippen molar-refractivity contribution in [3.8, 4) is 11.4 Å². The summed E-state index contributed by atoms with van der Waals surface area (Å²) in [5.74, 6) is 0.175. The van der Waals surface area contributed by atoms with E-state index in [2.05, 4.69) is 0 Å². The highest BCUT2D eigenvalue weighted by Crippen LogP contribution is 2.39. The maximum Gasteiger partial charge on any atom is 0.416 e. The Morgan fingerprint density at radius 1 is 1.09 bits per heavy atom. The number of amides is 1. The van der Waals surface area contributed by atoms with Gasteiger partial charge in [0.2, 0.25) is 0 Å². The number of thioether (sulfide) groups is 1. The van der Waals surface area contributed by atoms with Crippen LogP contribution in [0.1, 0.15) is 22.5 Å². The quantitative estimate of drug-likeness (QED) is 0.268. The van der Waals surface area contributed by atoms with Crippen LogP contribution in [0.25, 0.3) is 11.8 Å². The van der Waals surface area contributed by atoms with E-state index < -0.39 is 11.7 Å². The van der Waals surface area contributed by atoms with Crippen molar-refractivity contribution in [3.05, 3.63) is 81.0 Å². The Bertz CT molecular complexity index is 1350. The van der Waals surface area contributed by atoms with Gasteiger partial charge in [0, 0.05) is 17.1 Å². The Hall–Kier alpha value is -2.75. The number of rotatable bonds is 4. The van der Waals surface area contributed by atoms with E-state index in [-0.39, 0.29) is 5.91 Å². The zero-order chi connectivity index (χ0) is 24.8. The minimum absolute atomic E-state index is 0.305. The van der Waals surface area contributed by atoms with Crippen molar-refractivity contribution >= 4 is 57.6 Å². The van der Waals surface area contributed by atoms with Crippen LogP contribution in [0.15, 0.2) is 53.4 Å². The van der Waals surface area contributed by atoms with Crippen LogP contribution in [0.4, 0.5) is 18.9 Å². The summed E-state index contributed by atoms with van der Waals surface area (Å²) >= 11 is 12.8. The van der Waals surface area contributed by atoms with Gasteiger partial charge < -0.3 is 9.30 Å². The van der Waals surface area contributed by atoms with E-state index in [4.69, 9.17) is 28.6 Å². The molecule has 176 valence electrons. The van der Waals surface area contributed by atoms with Crippen LogP contribution >= 0.6 is 35.6 Å². The molecule has 1 aliphatic heterocycles. The maximum atomic E-state index is 13.2. The third kappa shape index (κ3) is 4.47. The number of alkyl halides is 3. The second kappa shape index (κ2) is 9.13. The van der Waals surface area contributed by atoms with E-state index in [0.717, 1.165) is 29.6 Å². The van der Waals surface area contributed by atoms with Crippen LogP contribution in [0, 0.1) is 13.8 Å². The standard InChI is InChI=1S/C24H18ClF3N2O2S2/c1-13-9-15(14(2)29(13)17-6-4-5-16(11-17)24(26,27)28)10-21-22(31)30(23(33)34-21)18-7-8-20(32-3)19(25)12-18/h4-12H,1-3H3/b21-10-. The molecule has 0 N–H and O–H groups in total. The van der Waals surface area contributed by atoms with Crippen LogP contribution in [0.2, 0.25) is 5.02 Å². The first-order chi connectivity index (χ1) is 16.0. The molecule has 2 aromatic carbocycles. The highest BCUT2D eigenvalue weighted by atomic mass is 35.5. The minimum atomic E-state index is -4.44. The Morgan fingerprint density at radius 2 is 1.82 bits per heavy atom. The summed E-state index contributed by atoms with van der Waals surface area (Å²) in [6, 6.07) is 11.9. The summed E-state index contributed by atoms with van der Waals surface area (Å²) in [7, 11) is 1.50. The first-order valence-corrected chi connectivity index (χ1v) is 11.6. The van der Waals surface area contributed by atoms with Crippen LogP contribution in [0.5, 0.6) is 5.75 Å². The molecular formula is C24H18ClF3N2O2S2. The molecule has 0 aliphatic carbocycles. The highest BCUT2D eigenvalue weighted by Gasteiger charge is 2.34. The lowest BCUT2D eigenvalue weighted by atomic mass is 10.2. The number of ether oxygens (including phenoxy) is 1. The van der Waals surface area contributed by atoms with Gasteiger partial charge in [-0.2, -0.15) is 13.2 Å². The molecule has 4 rings (SSSR count). The lowest BCUT2D eigenvalue weighted by Gasteiger charge is -2.15. The van der Waals surface area contributed by atoms with Crippen LogP contribution < -0.4 is 9.64 Å². The van der Waals surface area contributed by atoms with Crippen molar-refractivity contribution in [3.63, 3.8) is 0 Å². The molecule has 1 amide bonds. The van der Waals surface area contributed by atoms with Crippen molar-refractivity contribution in [1.82, 2.24) is 4.57 Å². The zero-order valence-electron chi connectivity index (χ0n) is 18.2. The predicted octanol–water partition coefficient (Wildman–Crippen LogP) is 7.18. The van der Waals surface area contributed by atoms with Crippen molar-refractivity contribution < 1.29 is 22.7 Å². The average Bonchev–Trinajstić information content (AvgIpc) is 3.21. The van der Waals surface area contributed by atoms with Crippen molar-refractivity contribution in [2.75, 3.05) is 12.0 Å². The van der Waals surface area contributed by atoms with Gasteiger partial charge in [0.15, 0.2) is 4.32 Å². The first-order valence-electron chi connectivity index (χ1n) is 9.99. The molecule has 3 aromatic rings. The largest absolute Gasteiger partial charge is 0.495 e. The molecular weight excluding hydrogens is 505 g/mol. The number of thiocarbonyl (C=S) groups is 1. The number of halogens is 4. The van der Waals surface area contributed by atoms with Crippen molar-refractivity contribution in [2.45, 2.75) is 20.0 Å². The number of carbonyl (C=O) groups excluding carboxylic acids is 1. The van der Waals surface area contributed by atoms with Gasteiger partial charge in [-0.3, -0.25) is 9.69 Å². The second-order valence-electron chi connectivity index (χ2n) is 7.55. The first kappa shape index (κ1) is 24.4. The Labute approximate surface area is 209 Å². The maximum absolute atomic E-state index is 13.2. The Kier molecular flexibility index (Phi) is 6.54. The zero-order valence-corrected chi connectivity index (χ0v) is 20.6. The molecule has 0 radical (unpaired) electrons. The van der Waals surface area contributed by atoms with Gasteiger partial charge in [-0.25, -0.2) is 0 Å². The lowest BCUT2D eigenvalue weighted by molar-refractivity contribution is -0.137. The monoisotopic (exact) mass is 522 g/mol. The predicted molar refractivity (Wildman–Crippen MR) is 134 cm³/mol. The van der Waals surface area contributed by atoms with E-state index in [1.54, 1.807) is 48.8 Å². The summed E-state index contributed by atoms with van der Waals surface area (Å²) in [6.07, 6.45) is -2.73. The topological polar surface area (TPSA) is 34.5 Å². The van der Waals surface area contributed by atoms with Crippen LogP contribution in [0.3, 0.4) is 0 Å². The van der Waals surface area contributed by atoms with Gasteiger partial charge in [-0.05, 0) is 68.0 Å². The Morgan fingerprint density at radius 3 is 2.47 bits per heavy atom. The lowest BCUT2D eigenvalue weighted by Crippen LogP contribution is -2.27. The van der Waals surface area contributed by atoms with Gasteiger partial charge in [0.1, 0.15) is 5.75 Å².